The standard InChI is InChI=1S/C24H24F3N3O2/c1-4-30(23(2,3)15-6-8-16(9-7-15)24(25,26)27)22(31)14-5-10-20-17(11-14)18-12-32-13-19(18)21(28)29-20/h5-11H,4,12-13H2,1-3H3,(H2,28,29). The van der Waals surface area contributed by atoms with Crippen LogP contribution in [0.5, 0.6) is 0 Å². The van der Waals surface area contributed by atoms with Crippen molar-refractivity contribution >= 4 is 22.6 Å². The number of benzene rings is 2. The predicted octanol–water partition coefficient (Wildman–Crippen LogP) is 5.26. The van der Waals surface area contributed by atoms with Gasteiger partial charge in [-0.15, -0.1) is 0 Å². The largest absolute Gasteiger partial charge is 0.416 e. The second kappa shape index (κ2) is 7.78. The molecule has 0 fully saturated rings. The van der Waals surface area contributed by atoms with Gasteiger partial charge in [0.2, 0.25) is 0 Å². The number of rotatable bonds is 4. The number of amides is 1. The van der Waals surface area contributed by atoms with Crippen molar-refractivity contribution in [3.8, 4) is 0 Å². The Morgan fingerprint density at radius 1 is 1.06 bits per heavy atom. The van der Waals surface area contributed by atoms with Crippen molar-refractivity contribution in [3.05, 3.63) is 70.3 Å². The Morgan fingerprint density at radius 2 is 1.69 bits per heavy atom. The molecule has 2 heterocycles. The number of nitrogens with two attached hydrogens (primary N) is 1. The average molecular weight is 443 g/mol. The van der Waals surface area contributed by atoms with Crippen molar-refractivity contribution in [2.45, 2.75) is 45.7 Å². The van der Waals surface area contributed by atoms with Crippen LogP contribution >= 0.6 is 0 Å². The monoisotopic (exact) mass is 443 g/mol. The van der Waals surface area contributed by atoms with Crippen molar-refractivity contribution in [3.63, 3.8) is 0 Å². The van der Waals surface area contributed by atoms with Crippen LogP contribution in [0.25, 0.3) is 10.9 Å². The molecule has 0 radical (unpaired) electrons. The lowest BCUT2D eigenvalue weighted by molar-refractivity contribution is -0.137. The first-order valence-electron chi connectivity index (χ1n) is 10.3. The zero-order valence-corrected chi connectivity index (χ0v) is 18.1. The van der Waals surface area contributed by atoms with Crippen LogP contribution in [0.1, 0.15) is 53.4 Å². The SMILES string of the molecule is CCN(C(=O)c1ccc2nc(N)c3c(c2c1)COC3)C(C)(C)c1ccc(C(F)(F)F)cc1. The molecule has 3 aromatic rings. The number of nitrogens with zero attached hydrogens (tertiary/aromatic N) is 2. The molecule has 1 amide bonds. The van der Waals surface area contributed by atoms with Gasteiger partial charge in [0, 0.05) is 23.1 Å². The zero-order valence-electron chi connectivity index (χ0n) is 18.1. The quantitative estimate of drug-likeness (QED) is 0.597. The third-order valence-electron chi connectivity index (χ3n) is 6.13. The summed E-state index contributed by atoms with van der Waals surface area (Å²) < 4.78 is 44.4. The minimum Gasteiger partial charge on any atom is -0.383 e. The molecule has 1 aliphatic heterocycles. The lowest BCUT2D eigenvalue weighted by Gasteiger charge is -2.39. The number of hydrogen-bond donors (Lipinski definition) is 1. The molecule has 4 rings (SSSR count). The maximum absolute atomic E-state index is 13.5. The van der Waals surface area contributed by atoms with Gasteiger partial charge in [-0.1, -0.05) is 12.1 Å². The van der Waals surface area contributed by atoms with E-state index >= 15 is 0 Å². The second-order valence-corrected chi connectivity index (χ2v) is 8.36. The summed E-state index contributed by atoms with van der Waals surface area (Å²) >= 11 is 0. The molecule has 0 atom stereocenters. The minimum absolute atomic E-state index is 0.219. The van der Waals surface area contributed by atoms with E-state index in [1.807, 2.05) is 20.8 Å². The fraction of sp³-hybridized carbons (Fsp3) is 0.333. The molecule has 2 N–H and O–H groups in total. The molecule has 1 aromatic heterocycles. The third kappa shape index (κ3) is 3.68. The van der Waals surface area contributed by atoms with Gasteiger partial charge < -0.3 is 15.4 Å². The summed E-state index contributed by atoms with van der Waals surface area (Å²) in [5, 5.41) is 0.820. The summed E-state index contributed by atoms with van der Waals surface area (Å²) in [6, 6.07) is 10.2. The lowest BCUT2D eigenvalue weighted by Crippen LogP contribution is -2.45. The van der Waals surface area contributed by atoms with E-state index in [-0.39, 0.29) is 5.91 Å². The summed E-state index contributed by atoms with van der Waals surface area (Å²) in [5.41, 5.74) is 8.05. The maximum Gasteiger partial charge on any atom is 0.416 e. The summed E-state index contributed by atoms with van der Waals surface area (Å²) in [6.45, 7) is 6.68. The Bertz CT molecular complexity index is 1190. The van der Waals surface area contributed by atoms with Gasteiger partial charge >= 0.3 is 6.18 Å². The van der Waals surface area contributed by atoms with Crippen LogP contribution in [0, 0.1) is 0 Å². The maximum atomic E-state index is 13.5. The third-order valence-corrected chi connectivity index (χ3v) is 6.13. The van der Waals surface area contributed by atoms with Crippen LogP contribution in [-0.4, -0.2) is 22.3 Å². The van der Waals surface area contributed by atoms with Crippen LogP contribution in [0.2, 0.25) is 0 Å². The van der Waals surface area contributed by atoms with Crippen LogP contribution in [0.15, 0.2) is 42.5 Å². The van der Waals surface area contributed by atoms with E-state index in [1.165, 1.54) is 12.1 Å². The fourth-order valence-electron chi connectivity index (χ4n) is 4.28. The normalized spacial score (nSPS) is 13.9. The van der Waals surface area contributed by atoms with E-state index in [0.717, 1.165) is 28.6 Å². The molecule has 5 nitrogen and oxygen atoms in total. The first kappa shape index (κ1) is 22.1. The molecule has 1 aliphatic rings. The number of halogens is 3. The van der Waals surface area contributed by atoms with Gasteiger partial charge in [0.05, 0.1) is 29.8 Å². The van der Waals surface area contributed by atoms with E-state index < -0.39 is 17.3 Å². The Hall–Kier alpha value is -3.13. The van der Waals surface area contributed by atoms with E-state index in [2.05, 4.69) is 4.98 Å². The number of anilines is 1. The molecule has 168 valence electrons. The number of hydrogen-bond acceptors (Lipinski definition) is 4. The summed E-state index contributed by atoms with van der Waals surface area (Å²) in [7, 11) is 0. The number of nitrogen functional groups attached to an aromatic ring is 1. The van der Waals surface area contributed by atoms with Gasteiger partial charge in [0.25, 0.3) is 5.91 Å². The average Bonchev–Trinajstić information content (AvgIpc) is 3.24. The molecule has 0 aliphatic carbocycles. The molecule has 32 heavy (non-hydrogen) atoms. The van der Waals surface area contributed by atoms with Crippen LogP contribution < -0.4 is 5.73 Å². The highest BCUT2D eigenvalue weighted by atomic mass is 19.4. The van der Waals surface area contributed by atoms with E-state index in [4.69, 9.17) is 10.5 Å². The van der Waals surface area contributed by atoms with E-state index in [9.17, 15) is 18.0 Å². The first-order valence-corrected chi connectivity index (χ1v) is 10.3. The molecule has 0 bridgehead atoms. The molecule has 8 heteroatoms. The highest BCUT2D eigenvalue weighted by molar-refractivity contribution is 5.99. The summed E-state index contributed by atoms with van der Waals surface area (Å²) in [5.74, 6) is 0.214. The van der Waals surface area contributed by atoms with Gasteiger partial charge in [-0.25, -0.2) is 4.98 Å². The molecular weight excluding hydrogens is 419 g/mol. The van der Waals surface area contributed by atoms with Gasteiger partial charge in [-0.3, -0.25) is 4.79 Å². The Kier molecular flexibility index (Phi) is 5.36. The Morgan fingerprint density at radius 3 is 2.31 bits per heavy atom. The summed E-state index contributed by atoms with van der Waals surface area (Å²) in [6.07, 6.45) is -4.41. The van der Waals surface area contributed by atoms with Crippen LogP contribution in [0.3, 0.4) is 0 Å². The van der Waals surface area contributed by atoms with Crippen molar-refractivity contribution in [2.24, 2.45) is 0 Å². The van der Waals surface area contributed by atoms with Crippen LogP contribution in [0.4, 0.5) is 19.0 Å². The van der Waals surface area contributed by atoms with Crippen molar-refractivity contribution in [1.29, 1.82) is 0 Å². The number of carbonyl (C=O) groups is 1. The Labute approximate surface area is 184 Å². The van der Waals surface area contributed by atoms with E-state index in [1.54, 1.807) is 23.1 Å². The van der Waals surface area contributed by atoms with Crippen LogP contribution in [-0.2, 0) is 29.7 Å². The van der Waals surface area contributed by atoms with Crippen molar-refractivity contribution < 1.29 is 22.7 Å². The highest BCUT2D eigenvalue weighted by Gasteiger charge is 2.34. The molecule has 0 spiro atoms. The van der Waals surface area contributed by atoms with Gasteiger partial charge in [-0.2, -0.15) is 13.2 Å². The molecule has 0 saturated heterocycles. The lowest BCUT2D eigenvalue weighted by atomic mass is 9.90. The van der Waals surface area contributed by atoms with Crippen molar-refractivity contribution in [2.75, 3.05) is 12.3 Å². The number of carbonyl (C=O) groups excluding carboxylic acids is 1. The number of fused-ring (bicyclic) bond motifs is 3. The number of alkyl halides is 3. The van der Waals surface area contributed by atoms with Gasteiger partial charge in [0.15, 0.2) is 0 Å². The molecule has 2 aromatic carbocycles. The molecule has 0 unspecified atom stereocenters. The first-order chi connectivity index (χ1) is 15.0. The topological polar surface area (TPSA) is 68.5 Å². The van der Waals surface area contributed by atoms with Gasteiger partial charge in [0.1, 0.15) is 5.82 Å². The number of pyridine rings is 1. The smallest absolute Gasteiger partial charge is 0.383 e. The van der Waals surface area contributed by atoms with Gasteiger partial charge in [-0.05, 0) is 62.2 Å². The molecule has 0 saturated carbocycles. The molecular formula is C24H24F3N3O2. The fourth-order valence-corrected chi connectivity index (χ4v) is 4.28. The Balaban J connectivity index is 1.70. The van der Waals surface area contributed by atoms with E-state index in [0.29, 0.717) is 42.2 Å². The predicted molar refractivity (Wildman–Crippen MR) is 116 cm³/mol. The highest BCUT2D eigenvalue weighted by Crippen LogP contribution is 2.35. The minimum atomic E-state index is -4.41. The number of aromatic nitrogens is 1. The zero-order chi connectivity index (χ0) is 23.3. The summed E-state index contributed by atoms with van der Waals surface area (Å²) in [4.78, 5) is 19.6. The second-order valence-electron chi connectivity index (χ2n) is 8.36. The number of ether oxygens (including phenoxy) is 1. The van der Waals surface area contributed by atoms with Crippen molar-refractivity contribution in [1.82, 2.24) is 9.88 Å².